The molecule has 0 aliphatic carbocycles. The van der Waals surface area contributed by atoms with E-state index in [1.165, 1.54) is 40.3 Å². The van der Waals surface area contributed by atoms with Crippen molar-refractivity contribution in [1.29, 1.82) is 0 Å². The van der Waals surface area contributed by atoms with Crippen LogP contribution >= 0.6 is 22.7 Å². The maximum absolute atomic E-state index is 6.49. The summed E-state index contributed by atoms with van der Waals surface area (Å²) in [6.07, 6.45) is 0.923. The van der Waals surface area contributed by atoms with Gasteiger partial charge in [0.05, 0.1) is 16.1 Å². The van der Waals surface area contributed by atoms with Crippen LogP contribution in [0.2, 0.25) is 17.6 Å². The van der Waals surface area contributed by atoms with Gasteiger partial charge in [-0.05, 0) is 72.1 Å². The summed E-state index contributed by atoms with van der Waals surface area (Å²) in [6, 6.07) is 20.6. The molecule has 0 N–H and O–H groups in total. The van der Waals surface area contributed by atoms with E-state index in [1.54, 1.807) is 0 Å². The second kappa shape index (κ2) is 12.8. The minimum Gasteiger partial charge on any atom is -0.416 e. The first-order chi connectivity index (χ1) is 18.3. The first-order valence-electron chi connectivity index (χ1n) is 13.1. The highest BCUT2D eigenvalue weighted by Crippen LogP contribution is 2.39. The first kappa shape index (κ1) is 28.2. The third kappa shape index (κ3) is 6.99. The van der Waals surface area contributed by atoms with E-state index in [9.17, 15) is 0 Å². The van der Waals surface area contributed by atoms with Crippen LogP contribution in [-0.2, 0) is 10.8 Å². The summed E-state index contributed by atoms with van der Waals surface area (Å²) in [5, 5.41) is 18.9. The second-order valence-electron chi connectivity index (χ2n) is 9.75. The van der Waals surface area contributed by atoms with E-state index >= 15 is 0 Å². The Kier molecular flexibility index (Phi) is 9.53. The number of thiophene rings is 1. The lowest BCUT2D eigenvalue weighted by atomic mass is 10.1. The molecule has 0 aliphatic heterocycles. The Hall–Kier alpha value is -2.79. The smallest absolute Gasteiger partial charge is 0.231 e. The van der Waals surface area contributed by atoms with E-state index in [1.807, 2.05) is 56.6 Å². The summed E-state index contributed by atoms with van der Waals surface area (Å²) < 4.78 is 7.53. The molecule has 0 unspecified atom stereocenters. The van der Waals surface area contributed by atoms with Crippen molar-refractivity contribution in [2.75, 3.05) is 25.6 Å². The molecule has 7 nitrogen and oxygen atoms in total. The maximum atomic E-state index is 6.49. The van der Waals surface area contributed by atoms with Gasteiger partial charge in [0.25, 0.3) is 0 Å². The molecule has 2 heterocycles. The maximum Gasteiger partial charge on any atom is 0.231 e. The Bertz CT molecular complexity index is 1340. The third-order valence-corrected chi connectivity index (χ3v) is 14.1. The number of thiazole rings is 1. The molecule has 0 fully saturated rings. The molecule has 38 heavy (non-hydrogen) atoms. The van der Waals surface area contributed by atoms with Crippen LogP contribution in [0.15, 0.2) is 75.1 Å². The van der Waals surface area contributed by atoms with Crippen LogP contribution in [0.5, 0.6) is 0 Å². The molecule has 2 aromatic heterocycles. The van der Waals surface area contributed by atoms with Crippen molar-refractivity contribution in [1.82, 2.24) is 4.98 Å². The molecule has 0 radical (unpaired) electrons. The highest BCUT2D eigenvalue weighted by Gasteiger charge is 2.34. The minimum absolute atomic E-state index is 0.636. The summed E-state index contributed by atoms with van der Waals surface area (Å²) in [6.45, 7) is 9.96. The van der Waals surface area contributed by atoms with E-state index in [2.05, 4.69) is 70.2 Å². The Morgan fingerprint density at radius 1 is 0.868 bits per heavy atom. The number of benzene rings is 2. The molecule has 0 saturated heterocycles. The van der Waals surface area contributed by atoms with Gasteiger partial charge in [0.15, 0.2) is 8.32 Å². The lowest BCUT2D eigenvalue weighted by Gasteiger charge is -2.33. The van der Waals surface area contributed by atoms with E-state index in [0.717, 1.165) is 44.6 Å². The molecule has 200 valence electrons. The van der Waals surface area contributed by atoms with Crippen LogP contribution in [0.25, 0.3) is 9.53 Å². The monoisotopic (exact) mass is 564 g/mol. The number of rotatable bonds is 12. The number of hydrogen-bond acceptors (Lipinski definition) is 9. The predicted molar refractivity (Wildman–Crippen MR) is 165 cm³/mol. The van der Waals surface area contributed by atoms with Gasteiger partial charge in [-0.2, -0.15) is 0 Å². The zero-order chi connectivity index (χ0) is 27.1. The molecular weight excluding hydrogens is 529 g/mol. The zero-order valence-electron chi connectivity index (χ0n) is 23.0. The second-order valence-corrected chi connectivity index (χ2v) is 16.8. The zero-order valence-corrected chi connectivity index (χ0v) is 25.6. The van der Waals surface area contributed by atoms with Gasteiger partial charge in [-0.25, -0.2) is 4.98 Å². The SMILES string of the molecule is CC[Si](CC)(OCCc1ccc(N=Nc2cc3sc(N=Nc4ccc(N(C)C)cc4)nc3s2)cc1)C(C)C. The number of anilines is 1. The highest BCUT2D eigenvalue weighted by molar-refractivity contribution is 7.30. The summed E-state index contributed by atoms with van der Waals surface area (Å²) in [5.41, 5.74) is 4.67. The molecule has 4 aromatic rings. The van der Waals surface area contributed by atoms with Crippen LogP contribution in [0.3, 0.4) is 0 Å². The normalized spacial score (nSPS) is 12.5. The van der Waals surface area contributed by atoms with Crippen LogP contribution in [0, 0.1) is 0 Å². The van der Waals surface area contributed by atoms with Gasteiger partial charge in [-0.15, -0.1) is 20.5 Å². The van der Waals surface area contributed by atoms with Crippen molar-refractivity contribution in [3.05, 3.63) is 60.2 Å². The van der Waals surface area contributed by atoms with Crippen LogP contribution in [0.1, 0.15) is 33.3 Å². The minimum atomic E-state index is -1.62. The Labute approximate surface area is 234 Å². The van der Waals surface area contributed by atoms with Crippen molar-refractivity contribution >= 4 is 67.7 Å². The van der Waals surface area contributed by atoms with Gasteiger partial charge < -0.3 is 9.33 Å². The Balaban J connectivity index is 1.32. The quantitative estimate of drug-likeness (QED) is 0.127. The van der Waals surface area contributed by atoms with Crippen LogP contribution in [-0.4, -0.2) is 34.0 Å². The van der Waals surface area contributed by atoms with E-state index in [4.69, 9.17) is 4.43 Å². The Morgan fingerprint density at radius 2 is 1.50 bits per heavy atom. The number of aromatic nitrogens is 1. The van der Waals surface area contributed by atoms with Gasteiger partial charge in [0.1, 0.15) is 9.83 Å². The fourth-order valence-corrected chi connectivity index (χ4v) is 9.60. The van der Waals surface area contributed by atoms with Crippen molar-refractivity contribution in [2.45, 2.75) is 51.7 Å². The molecule has 0 spiro atoms. The summed E-state index contributed by atoms with van der Waals surface area (Å²) in [7, 11) is 2.40. The van der Waals surface area contributed by atoms with E-state index in [-0.39, 0.29) is 0 Å². The highest BCUT2D eigenvalue weighted by atomic mass is 32.1. The number of fused-ring (bicyclic) bond motifs is 1. The topological polar surface area (TPSA) is 74.8 Å². The number of hydrogen-bond donors (Lipinski definition) is 0. The lowest BCUT2D eigenvalue weighted by Crippen LogP contribution is -2.40. The summed E-state index contributed by atoms with van der Waals surface area (Å²) in [5.74, 6) is 0. The fraction of sp³-hybridized carbons (Fsp3) is 0.393. The average Bonchev–Trinajstić information content (AvgIpc) is 3.48. The van der Waals surface area contributed by atoms with Crippen molar-refractivity contribution in [2.24, 2.45) is 20.5 Å². The molecule has 0 aliphatic rings. The molecule has 0 saturated carbocycles. The van der Waals surface area contributed by atoms with Gasteiger partial charge >= 0.3 is 0 Å². The van der Waals surface area contributed by atoms with Gasteiger partial charge in [0.2, 0.25) is 5.13 Å². The van der Waals surface area contributed by atoms with E-state index in [0.29, 0.717) is 10.7 Å². The first-order valence-corrected chi connectivity index (χ1v) is 17.1. The molecular formula is C28H36N6OS2Si. The molecule has 0 amide bonds. The van der Waals surface area contributed by atoms with Crippen molar-refractivity contribution in [3.8, 4) is 0 Å². The number of nitrogens with zero attached hydrogens (tertiary/aromatic N) is 6. The third-order valence-electron chi connectivity index (χ3n) is 6.91. The van der Waals surface area contributed by atoms with Crippen molar-refractivity contribution < 1.29 is 4.43 Å². The standard InChI is InChI=1S/C28H36N6OS2Si/c1-7-38(8-2,20(3)4)35-18-17-21-9-11-22(12-10-21)30-32-26-19-25-27(37-26)29-28(36-25)33-31-23-13-15-24(16-14-23)34(5)6/h9-16,19-20H,7-8,17-18H2,1-6H3. The average molecular weight is 565 g/mol. The molecule has 0 bridgehead atoms. The lowest BCUT2D eigenvalue weighted by molar-refractivity contribution is 0.296. The summed E-state index contributed by atoms with van der Waals surface area (Å²) in [4.78, 5) is 7.54. The van der Waals surface area contributed by atoms with Gasteiger partial charge in [0, 0.05) is 26.4 Å². The van der Waals surface area contributed by atoms with Crippen LogP contribution < -0.4 is 4.90 Å². The molecule has 4 rings (SSSR count). The summed E-state index contributed by atoms with van der Waals surface area (Å²) >= 11 is 3.01. The van der Waals surface area contributed by atoms with Crippen molar-refractivity contribution in [3.63, 3.8) is 0 Å². The predicted octanol–water partition coefficient (Wildman–Crippen LogP) is 10.2. The van der Waals surface area contributed by atoms with Crippen LogP contribution in [0.4, 0.5) is 27.2 Å². The van der Waals surface area contributed by atoms with E-state index < -0.39 is 8.32 Å². The van der Waals surface area contributed by atoms with Gasteiger partial charge in [-0.3, -0.25) is 0 Å². The molecule has 2 aromatic carbocycles. The number of azo groups is 2. The van der Waals surface area contributed by atoms with Gasteiger partial charge in [-0.1, -0.05) is 62.5 Å². The fourth-order valence-electron chi connectivity index (χ4n) is 4.37. The molecule has 0 atom stereocenters. The molecule has 10 heteroatoms. The Morgan fingerprint density at radius 3 is 2.08 bits per heavy atom. The largest absolute Gasteiger partial charge is 0.416 e.